The highest BCUT2D eigenvalue weighted by molar-refractivity contribution is 5.29. The second-order valence-electron chi connectivity index (χ2n) is 3.85. The monoisotopic (exact) mass is 303 g/mol. The van der Waals surface area contributed by atoms with Gasteiger partial charge in [-0.25, -0.2) is 0 Å². The van der Waals surface area contributed by atoms with E-state index in [-0.39, 0.29) is 5.56 Å². The second-order valence-corrected chi connectivity index (χ2v) is 3.85. The zero-order valence-electron chi connectivity index (χ0n) is 9.92. The SMILES string of the molecule is OCC(NCC(F)(F)F)c1ccc(OC(F)(F)F)cc1. The Morgan fingerprint density at radius 2 is 1.60 bits per heavy atom. The van der Waals surface area contributed by atoms with E-state index in [4.69, 9.17) is 5.11 Å². The third-order valence-corrected chi connectivity index (χ3v) is 2.25. The number of ether oxygens (including phenoxy) is 1. The summed E-state index contributed by atoms with van der Waals surface area (Å²) in [6, 6.07) is 3.18. The van der Waals surface area contributed by atoms with Crippen LogP contribution in [0, 0.1) is 0 Å². The third-order valence-electron chi connectivity index (χ3n) is 2.25. The molecule has 1 aromatic carbocycles. The van der Waals surface area contributed by atoms with Gasteiger partial charge in [-0.2, -0.15) is 13.2 Å². The van der Waals surface area contributed by atoms with Crippen molar-refractivity contribution in [2.75, 3.05) is 13.2 Å². The minimum Gasteiger partial charge on any atom is -0.406 e. The molecule has 0 fully saturated rings. The van der Waals surface area contributed by atoms with Crippen molar-refractivity contribution in [1.29, 1.82) is 0 Å². The summed E-state index contributed by atoms with van der Waals surface area (Å²) in [5.74, 6) is -0.492. The summed E-state index contributed by atoms with van der Waals surface area (Å²) in [4.78, 5) is 0. The van der Waals surface area contributed by atoms with Gasteiger partial charge in [0.15, 0.2) is 0 Å². The van der Waals surface area contributed by atoms with Crippen molar-refractivity contribution in [3.05, 3.63) is 29.8 Å². The van der Waals surface area contributed by atoms with Gasteiger partial charge < -0.3 is 9.84 Å². The first-order chi connectivity index (χ1) is 9.11. The van der Waals surface area contributed by atoms with Crippen molar-refractivity contribution in [3.63, 3.8) is 0 Å². The minimum atomic E-state index is -4.84. The van der Waals surface area contributed by atoms with Gasteiger partial charge >= 0.3 is 12.5 Å². The van der Waals surface area contributed by atoms with E-state index in [0.29, 0.717) is 0 Å². The van der Waals surface area contributed by atoms with Crippen LogP contribution in [0.15, 0.2) is 24.3 Å². The number of aliphatic hydroxyl groups is 1. The molecule has 0 bridgehead atoms. The van der Waals surface area contributed by atoms with E-state index in [2.05, 4.69) is 10.1 Å². The van der Waals surface area contributed by atoms with Crippen LogP contribution in [0.1, 0.15) is 11.6 Å². The van der Waals surface area contributed by atoms with Crippen molar-refractivity contribution in [2.24, 2.45) is 0 Å². The Hall–Kier alpha value is -1.48. The highest BCUT2D eigenvalue weighted by atomic mass is 19.4. The van der Waals surface area contributed by atoms with Gasteiger partial charge in [0.25, 0.3) is 0 Å². The van der Waals surface area contributed by atoms with Crippen LogP contribution in [0.25, 0.3) is 0 Å². The lowest BCUT2D eigenvalue weighted by Gasteiger charge is -2.18. The Kier molecular flexibility index (Phi) is 5.23. The molecule has 0 heterocycles. The van der Waals surface area contributed by atoms with Crippen molar-refractivity contribution in [1.82, 2.24) is 5.32 Å². The lowest BCUT2D eigenvalue weighted by molar-refractivity contribution is -0.274. The summed E-state index contributed by atoms with van der Waals surface area (Å²) < 4.78 is 75.5. The normalized spacial score (nSPS) is 14.2. The molecule has 114 valence electrons. The molecule has 0 radical (unpaired) electrons. The first-order valence-corrected chi connectivity index (χ1v) is 5.37. The fourth-order valence-electron chi connectivity index (χ4n) is 1.43. The molecule has 0 aliphatic carbocycles. The standard InChI is InChI=1S/C11H11F6NO2/c12-10(13,14)6-18-9(5-19)7-1-3-8(4-2-7)20-11(15,16)17/h1-4,9,18-19H,5-6H2. The van der Waals surface area contributed by atoms with Gasteiger partial charge in [-0.15, -0.1) is 13.2 Å². The van der Waals surface area contributed by atoms with Crippen LogP contribution >= 0.6 is 0 Å². The summed E-state index contributed by atoms with van der Waals surface area (Å²) in [6.45, 7) is -1.95. The van der Waals surface area contributed by atoms with Crippen molar-refractivity contribution in [2.45, 2.75) is 18.6 Å². The predicted molar refractivity (Wildman–Crippen MR) is 57.0 cm³/mol. The summed E-state index contributed by atoms with van der Waals surface area (Å²) in [6.07, 6.45) is -9.29. The van der Waals surface area contributed by atoms with Crippen molar-refractivity contribution >= 4 is 0 Å². The minimum absolute atomic E-state index is 0.214. The lowest BCUT2D eigenvalue weighted by Crippen LogP contribution is -2.33. The zero-order chi connectivity index (χ0) is 15.4. The summed E-state index contributed by atoms with van der Waals surface area (Å²) in [5, 5.41) is 11.0. The molecule has 3 nitrogen and oxygen atoms in total. The van der Waals surface area contributed by atoms with E-state index in [9.17, 15) is 26.3 Å². The maximum absolute atomic E-state index is 12.0. The van der Waals surface area contributed by atoms with E-state index in [1.165, 1.54) is 0 Å². The molecular weight excluding hydrogens is 292 g/mol. The van der Waals surface area contributed by atoms with E-state index in [1.54, 1.807) is 0 Å². The molecule has 0 saturated carbocycles. The molecule has 0 aliphatic heterocycles. The molecule has 1 aromatic rings. The molecule has 0 spiro atoms. The molecule has 9 heteroatoms. The van der Waals surface area contributed by atoms with Gasteiger partial charge in [-0.05, 0) is 17.7 Å². The average Bonchev–Trinajstić information content (AvgIpc) is 2.28. The first kappa shape index (κ1) is 16.6. The maximum atomic E-state index is 12.0. The Morgan fingerprint density at radius 3 is 2.00 bits per heavy atom. The van der Waals surface area contributed by atoms with E-state index in [1.807, 2.05) is 0 Å². The maximum Gasteiger partial charge on any atom is 0.573 e. The van der Waals surface area contributed by atoms with E-state index >= 15 is 0 Å². The molecule has 0 saturated heterocycles. The average molecular weight is 303 g/mol. The number of rotatable bonds is 5. The number of hydrogen-bond donors (Lipinski definition) is 2. The smallest absolute Gasteiger partial charge is 0.406 e. The summed E-state index contributed by atoms with van der Waals surface area (Å²) in [5.41, 5.74) is 0.214. The van der Waals surface area contributed by atoms with Crippen molar-refractivity contribution in [3.8, 4) is 5.75 Å². The first-order valence-electron chi connectivity index (χ1n) is 5.37. The van der Waals surface area contributed by atoms with Gasteiger partial charge in [0.2, 0.25) is 0 Å². The highest BCUT2D eigenvalue weighted by Crippen LogP contribution is 2.24. The van der Waals surface area contributed by atoms with Crippen LogP contribution in [0.5, 0.6) is 5.75 Å². The number of benzene rings is 1. The molecule has 1 unspecified atom stereocenters. The lowest BCUT2D eigenvalue weighted by atomic mass is 10.1. The second kappa shape index (κ2) is 6.31. The summed E-state index contributed by atoms with van der Waals surface area (Å²) in [7, 11) is 0. The highest BCUT2D eigenvalue weighted by Gasteiger charge is 2.31. The summed E-state index contributed by atoms with van der Waals surface area (Å²) >= 11 is 0. The van der Waals surface area contributed by atoms with Crippen molar-refractivity contribution < 1.29 is 36.2 Å². The number of hydrogen-bond acceptors (Lipinski definition) is 3. The fourth-order valence-corrected chi connectivity index (χ4v) is 1.43. The number of aliphatic hydroxyl groups excluding tert-OH is 1. The molecular formula is C11H11F6NO2. The van der Waals surface area contributed by atoms with Gasteiger partial charge in [-0.3, -0.25) is 5.32 Å². The van der Waals surface area contributed by atoms with Gasteiger partial charge in [0, 0.05) is 0 Å². The Balaban J connectivity index is 2.70. The largest absolute Gasteiger partial charge is 0.573 e. The van der Waals surface area contributed by atoms with E-state index < -0.39 is 37.5 Å². The number of alkyl halides is 6. The van der Waals surface area contributed by atoms with Crippen LogP contribution in [-0.4, -0.2) is 30.8 Å². The number of halogens is 6. The molecule has 20 heavy (non-hydrogen) atoms. The van der Waals surface area contributed by atoms with Gasteiger partial charge in [-0.1, -0.05) is 12.1 Å². The van der Waals surface area contributed by atoms with E-state index in [0.717, 1.165) is 24.3 Å². The molecule has 1 atom stereocenters. The fraction of sp³-hybridized carbons (Fsp3) is 0.455. The molecule has 0 aliphatic rings. The van der Waals surface area contributed by atoms with Gasteiger partial charge in [0.05, 0.1) is 19.2 Å². The van der Waals surface area contributed by atoms with Gasteiger partial charge in [0.1, 0.15) is 5.75 Å². The quantitative estimate of drug-likeness (QED) is 0.822. The predicted octanol–water partition coefficient (Wildman–Crippen LogP) is 2.77. The Morgan fingerprint density at radius 1 is 1.05 bits per heavy atom. The van der Waals surface area contributed by atoms with Crippen LogP contribution < -0.4 is 10.1 Å². The number of nitrogens with one attached hydrogen (secondary N) is 1. The topological polar surface area (TPSA) is 41.5 Å². The van der Waals surface area contributed by atoms with Crippen LogP contribution in [0.3, 0.4) is 0 Å². The molecule has 2 N–H and O–H groups in total. The molecule has 0 aromatic heterocycles. The van der Waals surface area contributed by atoms with Crippen LogP contribution in [0.2, 0.25) is 0 Å². The molecule has 1 rings (SSSR count). The Bertz CT molecular complexity index is 414. The zero-order valence-corrected chi connectivity index (χ0v) is 9.92. The molecule has 0 amide bonds. The third kappa shape index (κ3) is 6.11. The van der Waals surface area contributed by atoms with Crippen LogP contribution in [0.4, 0.5) is 26.3 Å². The van der Waals surface area contributed by atoms with Crippen LogP contribution in [-0.2, 0) is 0 Å². The Labute approximate surface area is 110 Å².